The van der Waals surface area contributed by atoms with Crippen molar-refractivity contribution in [2.24, 2.45) is 0 Å². The van der Waals surface area contributed by atoms with Crippen molar-refractivity contribution in [1.29, 1.82) is 0 Å². The second-order valence-electron chi connectivity index (χ2n) is 6.10. The second-order valence-corrected chi connectivity index (χ2v) is 6.10. The third-order valence-electron chi connectivity index (χ3n) is 4.48. The van der Waals surface area contributed by atoms with E-state index in [4.69, 9.17) is 4.42 Å². The molecule has 0 aromatic carbocycles. The zero-order valence-corrected chi connectivity index (χ0v) is 13.9. The van der Waals surface area contributed by atoms with E-state index < -0.39 is 0 Å². The first kappa shape index (κ1) is 16.7. The lowest BCUT2D eigenvalue weighted by Crippen LogP contribution is -2.50. The van der Waals surface area contributed by atoms with Gasteiger partial charge in [0.25, 0.3) is 11.5 Å². The maximum atomic E-state index is 12.9. The normalized spacial score (nSPS) is 17.4. The second kappa shape index (κ2) is 6.74. The smallest absolute Gasteiger partial charge is 0.262 e. The molecule has 0 radical (unpaired) electrons. The number of aromatic amines is 1. The van der Waals surface area contributed by atoms with Crippen molar-refractivity contribution in [2.45, 2.75) is 26.4 Å². The Morgan fingerprint density at radius 3 is 2.79 bits per heavy atom. The summed E-state index contributed by atoms with van der Waals surface area (Å²) in [5.41, 5.74) is 0.107. The number of H-pyrrole nitrogens is 1. The molecule has 1 amide bonds. The lowest BCUT2D eigenvalue weighted by Gasteiger charge is -2.35. The molecule has 8 heteroatoms. The summed E-state index contributed by atoms with van der Waals surface area (Å²) in [6.07, 6.45) is 1.64. The molecule has 1 fully saturated rings. The number of nitrogens with zero attached hydrogens (tertiary/aromatic N) is 3. The number of aliphatic hydroxyl groups is 1. The third-order valence-corrected chi connectivity index (χ3v) is 4.48. The highest BCUT2D eigenvalue weighted by Crippen LogP contribution is 2.22. The van der Waals surface area contributed by atoms with Crippen molar-refractivity contribution >= 4 is 17.0 Å². The minimum atomic E-state index is -0.370. The first-order valence-corrected chi connectivity index (χ1v) is 8.17. The molecule has 24 heavy (non-hydrogen) atoms. The molecule has 3 rings (SSSR count). The van der Waals surface area contributed by atoms with E-state index in [9.17, 15) is 14.7 Å². The summed E-state index contributed by atoms with van der Waals surface area (Å²) in [5, 5.41) is 9.95. The fourth-order valence-corrected chi connectivity index (χ4v) is 3.03. The predicted octanol–water partition coefficient (Wildman–Crippen LogP) is 0.353. The van der Waals surface area contributed by atoms with Gasteiger partial charge < -0.3 is 19.4 Å². The summed E-state index contributed by atoms with van der Waals surface area (Å²) in [4.78, 5) is 35.2. The SMILES string of the molecule is CC[C@@H](O)CN1CCN(C(=O)c2c(C)oc3nc[nH]c(=O)c23)CC1. The van der Waals surface area contributed by atoms with Crippen LogP contribution in [-0.4, -0.2) is 69.6 Å². The van der Waals surface area contributed by atoms with Crippen LogP contribution in [-0.2, 0) is 0 Å². The molecule has 1 saturated heterocycles. The Morgan fingerprint density at radius 1 is 1.42 bits per heavy atom. The Labute approximate surface area is 139 Å². The van der Waals surface area contributed by atoms with Crippen molar-refractivity contribution in [3.8, 4) is 0 Å². The summed E-state index contributed by atoms with van der Waals surface area (Å²) >= 11 is 0. The van der Waals surface area contributed by atoms with Crippen molar-refractivity contribution in [2.75, 3.05) is 32.7 Å². The highest BCUT2D eigenvalue weighted by molar-refractivity contribution is 6.06. The number of aliphatic hydroxyl groups excluding tert-OH is 1. The Morgan fingerprint density at radius 2 is 2.12 bits per heavy atom. The fourth-order valence-electron chi connectivity index (χ4n) is 3.03. The van der Waals surface area contributed by atoms with Gasteiger partial charge in [-0.3, -0.25) is 14.5 Å². The van der Waals surface area contributed by atoms with Crippen LogP contribution in [0.1, 0.15) is 29.5 Å². The third kappa shape index (κ3) is 3.07. The largest absolute Gasteiger partial charge is 0.442 e. The zero-order valence-electron chi connectivity index (χ0n) is 13.9. The molecular formula is C16H22N4O4. The lowest BCUT2D eigenvalue weighted by atomic mass is 10.1. The summed E-state index contributed by atoms with van der Waals surface area (Å²) in [7, 11) is 0. The molecule has 0 bridgehead atoms. The van der Waals surface area contributed by atoms with E-state index >= 15 is 0 Å². The molecule has 8 nitrogen and oxygen atoms in total. The number of aromatic nitrogens is 2. The number of nitrogens with one attached hydrogen (secondary N) is 1. The quantitative estimate of drug-likeness (QED) is 0.836. The summed E-state index contributed by atoms with van der Waals surface area (Å²) in [6, 6.07) is 0. The van der Waals surface area contributed by atoms with Crippen molar-refractivity contribution in [3.63, 3.8) is 0 Å². The van der Waals surface area contributed by atoms with Crippen LogP contribution in [0.25, 0.3) is 11.1 Å². The maximum Gasteiger partial charge on any atom is 0.262 e. The van der Waals surface area contributed by atoms with Gasteiger partial charge in [-0.2, -0.15) is 0 Å². The molecule has 1 aliphatic heterocycles. The van der Waals surface area contributed by atoms with Gasteiger partial charge >= 0.3 is 0 Å². The Hall–Kier alpha value is -2.19. The number of rotatable bonds is 4. The molecule has 130 valence electrons. The van der Waals surface area contributed by atoms with E-state index in [2.05, 4.69) is 14.9 Å². The lowest BCUT2D eigenvalue weighted by molar-refractivity contribution is 0.0524. The van der Waals surface area contributed by atoms with Crippen molar-refractivity contribution in [3.05, 3.63) is 28.0 Å². The van der Waals surface area contributed by atoms with E-state index in [1.165, 1.54) is 6.33 Å². The molecule has 1 atom stereocenters. The molecular weight excluding hydrogens is 312 g/mol. The van der Waals surface area contributed by atoms with E-state index in [0.29, 0.717) is 44.0 Å². The van der Waals surface area contributed by atoms with Gasteiger partial charge in [0.15, 0.2) is 0 Å². The van der Waals surface area contributed by atoms with Gasteiger partial charge in [-0.05, 0) is 13.3 Å². The van der Waals surface area contributed by atoms with Crippen LogP contribution >= 0.6 is 0 Å². The van der Waals surface area contributed by atoms with E-state index in [-0.39, 0.29) is 28.7 Å². The molecule has 0 aliphatic carbocycles. The van der Waals surface area contributed by atoms with Gasteiger partial charge in [0.2, 0.25) is 5.71 Å². The minimum absolute atomic E-state index is 0.185. The number of fused-ring (bicyclic) bond motifs is 1. The number of carbonyl (C=O) groups is 1. The number of hydrogen-bond donors (Lipinski definition) is 2. The first-order valence-electron chi connectivity index (χ1n) is 8.17. The number of piperazine rings is 1. The predicted molar refractivity (Wildman–Crippen MR) is 88.0 cm³/mol. The van der Waals surface area contributed by atoms with Crippen molar-refractivity contribution in [1.82, 2.24) is 19.8 Å². The Balaban J connectivity index is 1.77. The number of aryl methyl sites for hydroxylation is 1. The molecule has 2 aromatic heterocycles. The number of amides is 1. The minimum Gasteiger partial charge on any atom is -0.442 e. The van der Waals surface area contributed by atoms with E-state index in [1.807, 2.05) is 6.92 Å². The number of furan rings is 1. The van der Waals surface area contributed by atoms with Crippen LogP contribution < -0.4 is 5.56 Å². The van der Waals surface area contributed by atoms with Crippen LogP contribution in [0.2, 0.25) is 0 Å². The van der Waals surface area contributed by atoms with Gasteiger partial charge in [-0.1, -0.05) is 6.92 Å². The average molecular weight is 334 g/mol. The molecule has 0 unspecified atom stereocenters. The van der Waals surface area contributed by atoms with Gasteiger partial charge in [-0.25, -0.2) is 4.98 Å². The molecule has 2 N–H and O–H groups in total. The molecule has 1 aliphatic rings. The van der Waals surface area contributed by atoms with Gasteiger partial charge in [0.1, 0.15) is 11.1 Å². The summed E-state index contributed by atoms with van der Waals surface area (Å²) < 4.78 is 5.46. The van der Waals surface area contributed by atoms with Gasteiger partial charge in [0.05, 0.1) is 18.0 Å². The monoisotopic (exact) mass is 334 g/mol. The number of hydrogen-bond acceptors (Lipinski definition) is 6. The summed E-state index contributed by atoms with van der Waals surface area (Å²) in [6.45, 7) is 6.75. The highest BCUT2D eigenvalue weighted by Gasteiger charge is 2.28. The van der Waals surface area contributed by atoms with E-state index in [1.54, 1.807) is 11.8 Å². The van der Waals surface area contributed by atoms with Crippen molar-refractivity contribution < 1.29 is 14.3 Å². The van der Waals surface area contributed by atoms with Crippen LogP contribution in [0.3, 0.4) is 0 Å². The molecule has 0 spiro atoms. The number of β-amino-alcohol motifs (C(OH)–C–C–N with tert-alkyl or cyclic N) is 1. The molecule has 0 saturated carbocycles. The molecule has 2 aromatic rings. The average Bonchev–Trinajstić information content (AvgIpc) is 2.92. The zero-order chi connectivity index (χ0) is 17.3. The topological polar surface area (TPSA) is 103 Å². The van der Waals surface area contributed by atoms with Crippen LogP contribution in [0.4, 0.5) is 0 Å². The Kier molecular flexibility index (Phi) is 4.68. The van der Waals surface area contributed by atoms with Gasteiger partial charge in [-0.15, -0.1) is 0 Å². The number of carbonyl (C=O) groups excluding carboxylic acids is 1. The summed E-state index contributed by atoms with van der Waals surface area (Å²) in [5.74, 6) is 0.198. The molecule has 3 heterocycles. The van der Waals surface area contributed by atoms with Crippen LogP contribution in [0.5, 0.6) is 0 Å². The van der Waals surface area contributed by atoms with E-state index in [0.717, 1.165) is 6.42 Å². The maximum absolute atomic E-state index is 12.9. The fraction of sp³-hybridized carbons (Fsp3) is 0.562. The highest BCUT2D eigenvalue weighted by atomic mass is 16.3. The Bertz CT molecular complexity index is 789. The van der Waals surface area contributed by atoms with Crippen LogP contribution in [0.15, 0.2) is 15.5 Å². The first-order chi connectivity index (χ1) is 11.5. The van der Waals surface area contributed by atoms with Crippen LogP contribution in [0, 0.1) is 6.92 Å². The standard InChI is InChI=1S/C16H22N4O4/c1-3-11(21)8-19-4-6-20(7-5-19)16(23)12-10(2)24-15-13(12)14(22)17-9-18-15/h9,11,21H,3-8H2,1-2H3,(H,17,18,22)/t11-/m1/s1. The van der Waals surface area contributed by atoms with Gasteiger partial charge in [0, 0.05) is 32.7 Å².